The minimum absolute atomic E-state index is 0.228. The summed E-state index contributed by atoms with van der Waals surface area (Å²) in [5, 5.41) is 11.6. The lowest BCUT2D eigenvalue weighted by Crippen LogP contribution is -2.33. The van der Waals surface area contributed by atoms with Crippen LogP contribution in [-0.2, 0) is 6.42 Å². The van der Waals surface area contributed by atoms with Gasteiger partial charge in [-0.25, -0.2) is 0 Å². The third kappa shape index (κ3) is 3.16. The quantitative estimate of drug-likeness (QED) is 0.920. The van der Waals surface area contributed by atoms with Gasteiger partial charge in [-0.3, -0.25) is 9.88 Å². The third-order valence-electron chi connectivity index (χ3n) is 5.02. The fraction of sp³-hybridized carbons (Fsp3) is 0.526. The first-order chi connectivity index (χ1) is 10.7. The highest BCUT2D eigenvalue weighted by atomic mass is 16.3. The van der Waals surface area contributed by atoms with Crippen LogP contribution in [0.3, 0.4) is 0 Å². The molecule has 1 saturated heterocycles. The second kappa shape index (κ2) is 6.76. The van der Waals surface area contributed by atoms with Crippen molar-refractivity contribution in [1.29, 1.82) is 0 Å². The number of pyridine rings is 1. The Morgan fingerprint density at radius 1 is 1.14 bits per heavy atom. The molecule has 3 rings (SSSR count). The summed E-state index contributed by atoms with van der Waals surface area (Å²) < 4.78 is 0. The van der Waals surface area contributed by atoms with Gasteiger partial charge < -0.3 is 5.11 Å². The first-order valence-corrected chi connectivity index (χ1v) is 8.48. The summed E-state index contributed by atoms with van der Waals surface area (Å²) in [6, 6.07) is 13.1. The molecule has 2 aromatic rings. The van der Waals surface area contributed by atoms with E-state index < -0.39 is 0 Å². The lowest BCUT2D eigenvalue weighted by atomic mass is 9.99. The third-order valence-corrected chi connectivity index (χ3v) is 5.02. The van der Waals surface area contributed by atoms with Crippen LogP contribution in [0.5, 0.6) is 0 Å². The van der Waals surface area contributed by atoms with Crippen LogP contribution >= 0.6 is 0 Å². The molecule has 118 valence electrons. The topological polar surface area (TPSA) is 36.4 Å². The van der Waals surface area contributed by atoms with Crippen molar-refractivity contribution in [2.24, 2.45) is 5.92 Å². The van der Waals surface area contributed by atoms with Crippen LogP contribution in [0.1, 0.15) is 32.4 Å². The minimum atomic E-state index is -0.228. The monoisotopic (exact) mass is 298 g/mol. The highest BCUT2D eigenvalue weighted by Crippen LogP contribution is 2.25. The summed E-state index contributed by atoms with van der Waals surface area (Å²) >= 11 is 0. The molecule has 1 N–H and O–H groups in total. The Kier molecular flexibility index (Phi) is 4.74. The molecule has 22 heavy (non-hydrogen) atoms. The smallest absolute Gasteiger partial charge is 0.0711 e. The van der Waals surface area contributed by atoms with E-state index in [1.54, 1.807) is 0 Å². The summed E-state index contributed by atoms with van der Waals surface area (Å²) in [4.78, 5) is 7.21. The van der Waals surface area contributed by atoms with Crippen molar-refractivity contribution in [1.82, 2.24) is 9.88 Å². The lowest BCUT2D eigenvalue weighted by molar-refractivity contribution is 0.134. The molecule has 3 nitrogen and oxygen atoms in total. The van der Waals surface area contributed by atoms with Gasteiger partial charge in [0.1, 0.15) is 0 Å². The molecule has 1 fully saturated rings. The molecule has 0 saturated carbocycles. The van der Waals surface area contributed by atoms with E-state index in [0.29, 0.717) is 12.0 Å². The van der Waals surface area contributed by atoms with Gasteiger partial charge in [0.15, 0.2) is 0 Å². The van der Waals surface area contributed by atoms with E-state index >= 15 is 0 Å². The average molecular weight is 298 g/mol. The molecular weight excluding hydrogens is 272 g/mol. The van der Waals surface area contributed by atoms with Crippen molar-refractivity contribution < 1.29 is 5.11 Å². The van der Waals surface area contributed by atoms with E-state index in [4.69, 9.17) is 4.98 Å². The van der Waals surface area contributed by atoms with Gasteiger partial charge in [-0.15, -0.1) is 0 Å². The largest absolute Gasteiger partial charge is 0.391 e. The summed E-state index contributed by atoms with van der Waals surface area (Å²) in [5.74, 6) is 0.300. The molecule has 1 aromatic carbocycles. The first-order valence-electron chi connectivity index (χ1n) is 8.48. The standard InChI is InChI=1S/C19H26N2O/c1-3-17(4-2)21-12-15(19(22)13-21)11-16-10-9-14-7-5-6-8-18(14)20-16/h5-10,15,17,19,22H,3-4,11-13H2,1-2H3/t15-,19-/m1/s1. The Bertz CT molecular complexity index is 624. The number of benzene rings is 1. The zero-order chi connectivity index (χ0) is 15.5. The van der Waals surface area contributed by atoms with Gasteiger partial charge in [0.25, 0.3) is 0 Å². The second-order valence-corrected chi connectivity index (χ2v) is 6.45. The zero-order valence-electron chi connectivity index (χ0n) is 13.6. The number of aromatic nitrogens is 1. The van der Waals surface area contributed by atoms with Gasteiger partial charge in [0.05, 0.1) is 11.6 Å². The fourth-order valence-electron chi connectivity index (χ4n) is 3.68. The summed E-state index contributed by atoms with van der Waals surface area (Å²) in [7, 11) is 0. The van der Waals surface area contributed by atoms with Gasteiger partial charge in [-0.1, -0.05) is 38.1 Å². The number of hydrogen-bond donors (Lipinski definition) is 1. The lowest BCUT2D eigenvalue weighted by Gasteiger charge is -2.25. The highest BCUT2D eigenvalue weighted by Gasteiger charge is 2.34. The average Bonchev–Trinajstić information content (AvgIpc) is 2.89. The molecular formula is C19H26N2O. The van der Waals surface area contributed by atoms with E-state index in [-0.39, 0.29) is 6.10 Å². The number of hydrogen-bond acceptors (Lipinski definition) is 3. The number of aliphatic hydroxyl groups is 1. The van der Waals surface area contributed by atoms with Crippen LogP contribution < -0.4 is 0 Å². The predicted octanol–water partition coefficient (Wildman–Crippen LogP) is 3.26. The van der Waals surface area contributed by atoms with Gasteiger partial charge in [-0.2, -0.15) is 0 Å². The number of para-hydroxylation sites is 1. The summed E-state index contributed by atoms with van der Waals surface area (Å²) in [5.41, 5.74) is 2.14. The van der Waals surface area contributed by atoms with Gasteiger partial charge in [-0.05, 0) is 31.4 Å². The van der Waals surface area contributed by atoms with Crippen LogP contribution in [0.25, 0.3) is 10.9 Å². The molecule has 3 heteroatoms. The van der Waals surface area contributed by atoms with E-state index in [1.165, 1.54) is 5.39 Å². The molecule has 1 aliphatic rings. The molecule has 0 bridgehead atoms. The molecule has 2 atom stereocenters. The van der Waals surface area contributed by atoms with E-state index in [1.807, 2.05) is 12.1 Å². The van der Waals surface area contributed by atoms with Crippen molar-refractivity contribution in [3.05, 3.63) is 42.1 Å². The van der Waals surface area contributed by atoms with Crippen LogP contribution in [0.2, 0.25) is 0 Å². The number of likely N-dealkylation sites (tertiary alicyclic amines) is 1. The molecule has 0 spiro atoms. The molecule has 2 heterocycles. The number of fused-ring (bicyclic) bond motifs is 1. The Hall–Kier alpha value is -1.45. The van der Waals surface area contributed by atoms with Crippen LogP contribution in [-0.4, -0.2) is 40.2 Å². The van der Waals surface area contributed by atoms with Gasteiger partial charge in [0.2, 0.25) is 0 Å². The molecule has 0 amide bonds. The molecule has 0 aliphatic carbocycles. The van der Waals surface area contributed by atoms with Gasteiger partial charge >= 0.3 is 0 Å². The number of nitrogens with zero attached hydrogens (tertiary/aromatic N) is 2. The molecule has 1 aliphatic heterocycles. The first kappa shape index (κ1) is 15.4. The number of β-amino-alcohol motifs (C(OH)–C–C–N with tert-alkyl or cyclic N) is 1. The minimum Gasteiger partial charge on any atom is -0.391 e. The highest BCUT2D eigenvalue weighted by molar-refractivity contribution is 5.78. The number of aliphatic hydroxyl groups excluding tert-OH is 1. The van der Waals surface area contributed by atoms with Crippen LogP contribution in [0.15, 0.2) is 36.4 Å². The summed E-state index contributed by atoms with van der Waals surface area (Å²) in [6.07, 6.45) is 2.95. The van der Waals surface area contributed by atoms with Crippen molar-refractivity contribution in [2.75, 3.05) is 13.1 Å². The number of rotatable bonds is 5. The predicted molar refractivity (Wildman–Crippen MR) is 90.9 cm³/mol. The zero-order valence-corrected chi connectivity index (χ0v) is 13.6. The Morgan fingerprint density at radius 2 is 1.91 bits per heavy atom. The van der Waals surface area contributed by atoms with Crippen molar-refractivity contribution in [3.63, 3.8) is 0 Å². The second-order valence-electron chi connectivity index (χ2n) is 6.45. The van der Waals surface area contributed by atoms with Gasteiger partial charge in [0, 0.05) is 36.1 Å². The van der Waals surface area contributed by atoms with E-state index in [0.717, 1.165) is 43.6 Å². The Balaban J connectivity index is 1.71. The molecule has 0 unspecified atom stereocenters. The maximum Gasteiger partial charge on any atom is 0.0711 e. The van der Waals surface area contributed by atoms with Crippen LogP contribution in [0, 0.1) is 5.92 Å². The summed E-state index contributed by atoms with van der Waals surface area (Å²) in [6.45, 7) is 6.27. The Labute approximate surface area is 133 Å². The maximum atomic E-state index is 10.4. The van der Waals surface area contributed by atoms with Crippen molar-refractivity contribution >= 4 is 10.9 Å². The molecule has 0 radical (unpaired) electrons. The van der Waals surface area contributed by atoms with Crippen molar-refractivity contribution in [3.8, 4) is 0 Å². The van der Waals surface area contributed by atoms with E-state index in [9.17, 15) is 5.11 Å². The Morgan fingerprint density at radius 3 is 2.68 bits per heavy atom. The normalized spacial score (nSPS) is 22.7. The maximum absolute atomic E-state index is 10.4. The van der Waals surface area contributed by atoms with E-state index in [2.05, 4.69) is 43.0 Å². The van der Waals surface area contributed by atoms with Crippen LogP contribution in [0.4, 0.5) is 0 Å². The molecule has 1 aromatic heterocycles. The SMILES string of the molecule is CCC(CC)N1C[C@@H](Cc2ccc3ccccc3n2)[C@H](O)C1. The van der Waals surface area contributed by atoms with Crippen molar-refractivity contribution in [2.45, 2.75) is 45.3 Å². The fourth-order valence-corrected chi connectivity index (χ4v) is 3.68.